The topological polar surface area (TPSA) is 52.1 Å². The number of nitrogens with zero attached hydrogens (tertiary/aromatic N) is 3. The first kappa shape index (κ1) is 24.9. The average molecular weight is 495 g/mol. The van der Waals surface area contributed by atoms with Gasteiger partial charge in [-0.25, -0.2) is 0 Å². The van der Waals surface area contributed by atoms with Crippen LogP contribution in [-0.2, 0) is 4.74 Å². The molecule has 1 aliphatic heterocycles. The van der Waals surface area contributed by atoms with Crippen molar-refractivity contribution in [3.63, 3.8) is 0 Å². The number of guanidine groups is 1. The maximum atomic E-state index is 6.06. The van der Waals surface area contributed by atoms with E-state index in [2.05, 4.69) is 34.4 Å². The molecule has 2 N–H and O–H groups in total. The van der Waals surface area contributed by atoms with E-state index >= 15 is 0 Å². The highest BCUT2D eigenvalue weighted by molar-refractivity contribution is 14.0. The van der Waals surface area contributed by atoms with E-state index in [1.807, 2.05) is 0 Å². The molecule has 1 saturated carbocycles. The summed E-state index contributed by atoms with van der Waals surface area (Å²) in [5.74, 6) is 0.920. The van der Waals surface area contributed by atoms with Crippen molar-refractivity contribution in [2.24, 2.45) is 4.99 Å². The van der Waals surface area contributed by atoms with Crippen LogP contribution >= 0.6 is 24.0 Å². The summed E-state index contributed by atoms with van der Waals surface area (Å²) in [5, 5.41) is 6.76. The number of nitrogens with one attached hydrogen (secondary N) is 2. The van der Waals surface area contributed by atoms with Crippen LogP contribution in [0.2, 0.25) is 0 Å². The lowest BCUT2D eigenvalue weighted by atomic mass is 10.1. The monoisotopic (exact) mass is 495 g/mol. The van der Waals surface area contributed by atoms with Gasteiger partial charge < -0.3 is 25.2 Å². The fraction of sp³-hybridized carbons (Fsp3) is 0.950. The van der Waals surface area contributed by atoms with E-state index < -0.39 is 0 Å². The van der Waals surface area contributed by atoms with Crippen molar-refractivity contribution < 1.29 is 4.74 Å². The SMILES string of the molecule is CCNC(=NCCN1CCCN(C)CC1)NCCOC1CCCCCC1.I. The molecule has 0 unspecified atom stereocenters. The van der Waals surface area contributed by atoms with Gasteiger partial charge in [-0.2, -0.15) is 0 Å². The summed E-state index contributed by atoms with van der Waals surface area (Å²) in [6, 6.07) is 0. The first-order valence-electron chi connectivity index (χ1n) is 10.8. The van der Waals surface area contributed by atoms with Crippen LogP contribution in [0.3, 0.4) is 0 Å². The minimum absolute atomic E-state index is 0. The Hall–Kier alpha value is -0.120. The molecule has 1 saturated heterocycles. The van der Waals surface area contributed by atoms with Crippen LogP contribution in [0, 0.1) is 0 Å². The van der Waals surface area contributed by atoms with Gasteiger partial charge in [-0.1, -0.05) is 25.7 Å². The number of hydrogen-bond donors (Lipinski definition) is 2. The molecule has 160 valence electrons. The molecule has 0 amide bonds. The Balaban J connectivity index is 0.00000364. The van der Waals surface area contributed by atoms with Gasteiger partial charge in [-0.3, -0.25) is 4.99 Å². The van der Waals surface area contributed by atoms with Crippen molar-refractivity contribution in [3.05, 3.63) is 0 Å². The maximum absolute atomic E-state index is 6.06. The second-order valence-electron chi connectivity index (χ2n) is 7.67. The van der Waals surface area contributed by atoms with Crippen molar-refractivity contribution in [2.75, 3.05) is 66.0 Å². The standard InChI is InChI=1S/C20H41N5O.HI/c1-3-21-20(22-11-15-25-14-8-13-24(2)16-17-25)23-12-18-26-19-9-6-4-5-7-10-19;/h19H,3-18H2,1-2H3,(H2,21,22,23);1H. The zero-order valence-electron chi connectivity index (χ0n) is 17.5. The number of likely N-dealkylation sites (N-methyl/N-ethyl adjacent to an activating group) is 1. The quantitative estimate of drug-likeness (QED) is 0.178. The van der Waals surface area contributed by atoms with Gasteiger partial charge in [-0.15, -0.1) is 24.0 Å². The number of aliphatic imine (C=N–C) groups is 1. The molecule has 0 radical (unpaired) electrons. The molecule has 1 aliphatic carbocycles. The molecule has 0 atom stereocenters. The molecule has 0 aromatic rings. The van der Waals surface area contributed by atoms with Crippen LogP contribution in [0.15, 0.2) is 4.99 Å². The molecule has 0 aromatic heterocycles. The summed E-state index contributed by atoms with van der Waals surface area (Å²) >= 11 is 0. The summed E-state index contributed by atoms with van der Waals surface area (Å²) in [6.45, 7) is 11.2. The first-order valence-corrected chi connectivity index (χ1v) is 10.8. The maximum Gasteiger partial charge on any atom is 0.191 e. The minimum atomic E-state index is 0. The van der Waals surface area contributed by atoms with Gasteiger partial charge in [0, 0.05) is 32.7 Å². The zero-order chi connectivity index (χ0) is 18.5. The van der Waals surface area contributed by atoms with Crippen LogP contribution in [-0.4, -0.2) is 87.9 Å². The predicted molar refractivity (Wildman–Crippen MR) is 125 cm³/mol. The molecule has 27 heavy (non-hydrogen) atoms. The molecule has 2 aliphatic rings. The van der Waals surface area contributed by atoms with Gasteiger partial charge in [0.1, 0.15) is 0 Å². The Morgan fingerprint density at radius 3 is 2.52 bits per heavy atom. The normalized spacial score (nSPS) is 21.2. The van der Waals surface area contributed by atoms with Crippen LogP contribution in [0.5, 0.6) is 0 Å². The number of hydrogen-bond acceptors (Lipinski definition) is 4. The largest absolute Gasteiger partial charge is 0.376 e. The first-order chi connectivity index (χ1) is 12.8. The van der Waals surface area contributed by atoms with Gasteiger partial charge in [-0.05, 0) is 46.3 Å². The van der Waals surface area contributed by atoms with Gasteiger partial charge in [0.05, 0.1) is 19.3 Å². The highest BCUT2D eigenvalue weighted by Gasteiger charge is 2.13. The van der Waals surface area contributed by atoms with E-state index in [1.165, 1.54) is 64.6 Å². The fourth-order valence-corrected chi connectivity index (χ4v) is 3.77. The Morgan fingerprint density at radius 1 is 1.00 bits per heavy atom. The molecular weight excluding hydrogens is 453 g/mol. The molecule has 2 rings (SSSR count). The molecule has 6 nitrogen and oxygen atoms in total. The van der Waals surface area contributed by atoms with Gasteiger partial charge in [0.25, 0.3) is 0 Å². The van der Waals surface area contributed by atoms with Gasteiger partial charge in [0.2, 0.25) is 0 Å². The number of rotatable bonds is 8. The molecule has 0 aromatic carbocycles. The third-order valence-corrected chi connectivity index (χ3v) is 5.39. The average Bonchev–Trinajstić information content (AvgIpc) is 3.01. The lowest BCUT2D eigenvalue weighted by Gasteiger charge is -2.19. The van der Waals surface area contributed by atoms with E-state index in [-0.39, 0.29) is 24.0 Å². The van der Waals surface area contributed by atoms with E-state index in [4.69, 9.17) is 9.73 Å². The van der Waals surface area contributed by atoms with Crippen molar-refractivity contribution >= 4 is 29.9 Å². The van der Waals surface area contributed by atoms with E-state index in [1.54, 1.807) is 0 Å². The molecular formula is C20H42IN5O. The summed E-state index contributed by atoms with van der Waals surface area (Å²) < 4.78 is 6.06. The van der Waals surface area contributed by atoms with Crippen LogP contribution in [0.1, 0.15) is 51.9 Å². The molecule has 2 fully saturated rings. The van der Waals surface area contributed by atoms with Crippen molar-refractivity contribution in [1.29, 1.82) is 0 Å². The summed E-state index contributed by atoms with van der Waals surface area (Å²) in [4.78, 5) is 9.69. The molecule has 1 heterocycles. The summed E-state index contributed by atoms with van der Waals surface area (Å²) in [6.07, 6.45) is 9.61. The highest BCUT2D eigenvalue weighted by atomic mass is 127. The smallest absolute Gasteiger partial charge is 0.191 e. The molecule has 7 heteroatoms. The van der Waals surface area contributed by atoms with Gasteiger partial charge >= 0.3 is 0 Å². The zero-order valence-corrected chi connectivity index (χ0v) is 19.9. The lowest BCUT2D eigenvalue weighted by Crippen LogP contribution is -2.40. The van der Waals surface area contributed by atoms with Crippen molar-refractivity contribution in [3.8, 4) is 0 Å². The molecule has 0 spiro atoms. The second kappa shape index (κ2) is 15.8. The highest BCUT2D eigenvalue weighted by Crippen LogP contribution is 2.19. The number of ether oxygens (including phenoxy) is 1. The third-order valence-electron chi connectivity index (χ3n) is 5.39. The predicted octanol–water partition coefficient (Wildman–Crippen LogP) is 2.54. The van der Waals surface area contributed by atoms with Crippen molar-refractivity contribution in [1.82, 2.24) is 20.4 Å². The number of halogens is 1. The molecule has 0 bridgehead atoms. The minimum Gasteiger partial charge on any atom is -0.376 e. The van der Waals surface area contributed by atoms with Crippen LogP contribution < -0.4 is 10.6 Å². The van der Waals surface area contributed by atoms with E-state index in [0.717, 1.165) is 45.3 Å². The third kappa shape index (κ3) is 11.5. The van der Waals surface area contributed by atoms with E-state index in [0.29, 0.717) is 6.10 Å². The van der Waals surface area contributed by atoms with Crippen molar-refractivity contribution in [2.45, 2.75) is 58.0 Å². The van der Waals surface area contributed by atoms with E-state index in [9.17, 15) is 0 Å². The Kier molecular flexibility index (Phi) is 14.5. The van der Waals surface area contributed by atoms with Crippen LogP contribution in [0.25, 0.3) is 0 Å². The Morgan fingerprint density at radius 2 is 1.78 bits per heavy atom. The fourth-order valence-electron chi connectivity index (χ4n) is 3.77. The van der Waals surface area contributed by atoms with Crippen LogP contribution in [0.4, 0.5) is 0 Å². The summed E-state index contributed by atoms with van der Waals surface area (Å²) in [7, 11) is 2.21. The lowest BCUT2D eigenvalue weighted by molar-refractivity contribution is 0.0468. The van der Waals surface area contributed by atoms with Gasteiger partial charge in [0.15, 0.2) is 5.96 Å². The second-order valence-corrected chi connectivity index (χ2v) is 7.67. The Bertz CT molecular complexity index is 389. The summed E-state index contributed by atoms with van der Waals surface area (Å²) in [5.41, 5.74) is 0. The Labute approximate surface area is 183 Å².